The predicted molar refractivity (Wildman–Crippen MR) is 124 cm³/mol. The number of likely N-dealkylation sites (N-methyl/N-ethyl adjacent to an activating group) is 1. The third-order valence-electron chi connectivity index (χ3n) is 5.36. The Morgan fingerprint density at radius 2 is 1.17 bits per heavy atom. The zero-order valence-corrected chi connectivity index (χ0v) is 20.5. The Labute approximate surface area is 180 Å². The van der Waals surface area contributed by atoms with E-state index >= 15 is 0 Å². The minimum absolute atomic E-state index is 0.0543. The summed E-state index contributed by atoms with van der Waals surface area (Å²) in [7, 11) is 0.956. The van der Waals surface area contributed by atoms with Crippen LogP contribution in [0.25, 0.3) is 0 Å². The minimum atomic E-state index is -4.55. The molecule has 3 N–H and O–H groups in total. The maximum absolute atomic E-state index is 11.7. The van der Waals surface area contributed by atoms with Crippen molar-refractivity contribution in [2.45, 2.75) is 109 Å². The smallest absolute Gasteiger partial charge is 0.362 e. The third-order valence-corrected chi connectivity index (χ3v) is 6.81. The third kappa shape index (κ3) is 16.2. The second kappa shape index (κ2) is 15.6. The van der Waals surface area contributed by atoms with Crippen LogP contribution in [-0.4, -0.2) is 52.4 Å². The molecule has 0 heterocycles. The van der Waals surface area contributed by atoms with E-state index in [1.165, 1.54) is 57.8 Å². The average Bonchev–Trinajstić information content (AvgIpc) is 2.59. The molecule has 0 rings (SSSR count). The molecule has 0 saturated heterocycles. The van der Waals surface area contributed by atoms with Crippen molar-refractivity contribution in [3.05, 3.63) is 12.2 Å². The molecule has 0 amide bonds. The Balaban J connectivity index is 3.73. The van der Waals surface area contributed by atoms with Crippen LogP contribution in [0, 0.1) is 0 Å². The molecule has 0 aliphatic heterocycles. The number of aliphatic hydroxyl groups is 1. The zero-order chi connectivity index (χ0) is 22.2. The van der Waals surface area contributed by atoms with Gasteiger partial charge in [-0.15, -0.1) is 0 Å². The summed E-state index contributed by atoms with van der Waals surface area (Å²) in [5.74, 6) is 0. The summed E-state index contributed by atoms with van der Waals surface area (Å²) in [5, 5.41) is 8.59. The maximum Gasteiger partial charge on any atom is 0.362 e. The topological polar surface area (TPSA) is 77.8 Å². The van der Waals surface area contributed by atoms with Crippen LogP contribution in [0.1, 0.15) is 103 Å². The Kier molecular flexibility index (Phi) is 15.5. The molecule has 0 bridgehead atoms. The van der Waals surface area contributed by atoms with Gasteiger partial charge in [0, 0.05) is 0 Å². The summed E-state index contributed by atoms with van der Waals surface area (Å²) in [6, 6.07) is 0. The highest BCUT2D eigenvalue weighted by molar-refractivity contribution is 7.53. The second-order valence-corrected chi connectivity index (χ2v) is 11.6. The van der Waals surface area contributed by atoms with Crippen molar-refractivity contribution in [1.82, 2.24) is 0 Å². The number of hydrogen-bond acceptors (Lipinski definition) is 2. The van der Waals surface area contributed by atoms with Gasteiger partial charge in [-0.1, -0.05) is 76.9 Å². The van der Waals surface area contributed by atoms with Gasteiger partial charge in [-0.3, -0.25) is 4.57 Å². The molecule has 29 heavy (non-hydrogen) atoms. The Morgan fingerprint density at radius 1 is 0.759 bits per heavy atom. The maximum atomic E-state index is 11.7. The Bertz CT molecular complexity index is 470. The summed E-state index contributed by atoms with van der Waals surface area (Å²) in [4.78, 5) is 19.1. The molecule has 0 aliphatic rings. The number of nitrogens with zero attached hydrogens (tertiary/aromatic N) is 1. The van der Waals surface area contributed by atoms with Crippen LogP contribution in [-0.2, 0) is 4.57 Å². The highest BCUT2D eigenvalue weighted by Crippen LogP contribution is 2.52. The number of quaternary nitrogens is 1. The van der Waals surface area contributed by atoms with Gasteiger partial charge in [0.1, 0.15) is 6.54 Å². The number of unbranched alkanes of at least 4 members (excludes halogenated alkanes) is 12. The fourth-order valence-electron chi connectivity index (χ4n) is 3.73. The van der Waals surface area contributed by atoms with Crippen LogP contribution >= 0.6 is 7.60 Å². The van der Waals surface area contributed by atoms with Crippen LogP contribution in [0.4, 0.5) is 0 Å². The molecule has 0 aromatic carbocycles. The first kappa shape index (κ1) is 28.8. The number of allylic oxidation sites excluding steroid dienone is 2. The van der Waals surface area contributed by atoms with E-state index < -0.39 is 12.9 Å². The molecule has 0 radical (unpaired) electrons. The Morgan fingerprint density at radius 3 is 1.59 bits per heavy atom. The van der Waals surface area contributed by atoms with E-state index in [1.807, 2.05) is 21.1 Å². The van der Waals surface area contributed by atoms with E-state index in [0.29, 0.717) is 10.9 Å². The van der Waals surface area contributed by atoms with Crippen molar-refractivity contribution in [1.29, 1.82) is 0 Å². The molecule has 6 heteroatoms. The van der Waals surface area contributed by atoms with Gasteiger partial charge in [-0.2, -0.15) is 0 Å². The fourth-order valence-corrected chi connectivity index (χ4v) is 4.79. The summed E-state index contributed by atoms with van der Waals surface area (Å²) >= 11 is 0. The van der Waals surface area contributed by atoms with Crippen molar-refractivity contribution < 1.29 is 23.9 Å². The van der Waals surface area contributed by atoms with Gasteiger partial charge >= 0.3 is 7.60 Å². The molecule has 0 aliphatic carbocycles. The molecular weight excluding hydrogens is 385 g/mol. The molecular formula is C23H49NO4P+. The lowest BCUT2D eigenvalue weighted by Crippen LogP contribution is -2.49. The highest BCUT2D eigenvalue weighted by Gasteiger charge is 2.48. The van der Waals surface area contributed by atoms with E-state index in [9.17, 15) is 19.5 Å². The van der Waals surface area contributed by atoms with Gasteiger partial charge in [0.25, 0.3) is 0 Å². The van der Waals surface area contributed by atoms with Crippen LogP contribution < -0.4 is 0 Å². The van der Waals surface area contributed by atoms with Crippen molar-refractivity contribution in [2.24, 2.45) is 0 Å². The fraction of sp³-hybridized carbons (Fsp3) is 0.913. The molecule has 1 unspecified atom stereocenters. The lowest BCUT2D eigenvalue weighted by atomic mass is 10.1. The van der Waals surface area contributed by atoms with E-state index in [1.54, 1.807) is 0 Å². The summed E-state index contributed by atoms with van der Waals surface area (Å²) in [6.07, 6.45) is 21.5. The van der Waals surface area contributed by atoms with E-state index in [2.05, 4.69) is 19.1 Å². The minimum Gasteiger partial charge on any atom is -0.373 e. The van der Waals surface area contributed by atoms with Gasteiger partial charge in [0.2, 0.25) is 5.34 Å². The standard InChI is InChI=1S/C23H48NO4P/c1-5-6-7-8-9-10-11-12-13-14-15-16-17-18-19-20-21-23(25,29(26,27)28)22-24(2,3)4/h14-15,25H,5-13,16-22H2,1-4H3,(H-,26,27,28)/p+1/b15-14-. The highest BCUT2D eigenvalue weighted by atomic mass is 31.2. The van der Waals surface area contributed by atoms with E-state index in [-0.39, 0.29) is 13.0 Å². The molecule has 0 aromatic rings. The van der Waals surface area contributed by atoms with Crippen molar-refractivity contribution >= 4 is 7.60 Å². The summed E-state index contributed by atoms with van der Waals surface area (Å²) < 4.78 is 12.1. The molecule has 0 fully saturated rings. The monoisotopic (exact) mass is 434 g/mol. The number of hydrogen-bond donors (Lipinski definition) is 3. The second-order valence-electron chi connectivity index (χ2n) is 9.66. The lowest BCUT2D eigenvalue weighted by Gasteiger charge is -2.35. The van der Waals surface area contributed by atoms with Crippen molar-refractivity contribution in [2.75, 3.05) is 27.7 Å². The molecule has 0 saturated carbocycles. The molecule has 174 valence electrons. The quantitative estimate of drug-likeness (QED) is 0.101. The zero-order valence-electron chi connectivity index (χ0n) is 19.6. The number of rotatable bonds is 19. The Hall–Kier alpha value is -0.190. The van der Waals surface area contributed by atoms with Crippen LogP contribution in [0.5, 0.6) is 0 Å². The van der Waals surface area contributed by atoms with Crippen molar-refractivity contribution in [3.8, 4) is 0 Å². The summed E-state index contributed by atoms with van der Waals surface area (Å²) in [6.45, 7) is 2.31. The molecule has 0 aromatic heterocycles. The van der Waals surface area contributed by atoms with E-state index in [4.69, 9.17) is 0 Å². The van der Waals surface area contributed by atoms with Crippen LogP contribution in [0.2, 0.25) is 0 Å². The van der Waals surface area contributed by atoms with Gasteiger partial charge in [-0.05, 0) is 38.5 Å². The first-order valence-corrected chi connectivity index (χ1v) is 13.4. The van der Waals surface area contributed by atoms with Gasteiger partial charge in [0.15, 0.2) is 0 Å². The average molecular weight is 435 g/mol. The first-order chi connectivity index (χ1) is 13.5. The van der Waals surface area contributed by atoms with Crippen LogP contribution in [0.15, 0.2) is 12.2 Å². The SMILES string of the molecule is CCCCCCCCCC/C=C\CCCCCCC(O)(C[N+](C)(C)C)P(=O)(O)O. The molecule has 5 nitrogen and oxygen atoms in total. The molecule has 0 spiro atoms. The van der Waals surface area contributed by atoms with Crippen LogP contribution in [0.3, 0.4) is 0 Å². The molecule has 1 atom stereocenters. The van der Waals surface area contributed by atoms with E-state index in [0.717, 1.165) is 25.7 Å². The lowest BCUT2D eigenvalue weighted by molar-refractivity contribution is -0.875. The largest absolute Gasteiger partial charge is 0.373 e. The van der Waals surface area contributed by atoms with Crippen molar-refractivity contribution in [3.63, 3.8) is 0 Å². The normalized spacial score (nSPS) is 15.1. The predicted octanol–water partition coefficient (Wildman–Crippen LogP) is 5.99. The van der Waals surface area contributed by atoms with Gasteiger partial charge in [-0.25, -0.2) is 0 Å². The first-order valence-electron chi connectivity index (χ1n) is 11.8. The van der Waals surface area contributed by atoms with Gasteiger partial charge in [0.05, 0.1) is 21.1 Å². The van der Waals surface area contributed by atoms with Gasteiger partial charge < -0.3 is 19.4 Å². The summed E-state index contributed by atoms with van der Waals surface area (Å²) in [5.41, 5.74) is 0.